The first-order chi connectivity index (χ1) is 10.1. The third-order valence-corrected chi connectivity index (χ3v) is 5.21. The summed E-state index contributed by atoms with van der Waals surface area (Å²) in [6, 6.07) is 0. The van der Waals surface area contributed by atoms with E-state index in [0.29, 0.717) is 12.8 Å². The van der Waals surface area contributed by atoms with Crippen LogP contribution in [0.25, 0.3) is 0 Å². The van der Waals surface area contributed by atoms with Gasteiger partial charge >= 0.3 is 0 Å². The van der Waals surface area contributed by atoms with Gasteiger partial charge in [0, 0.05) is 64.1 Å². The molecule has 1 atom stereocenters. The lowest BCUT2D eigenvalue weighted by atomic mass is 9.86. The molecule has 21 heavy (non-hydrogen) atoms. The standard InChI is InChI=1S/C15H26N4O2/c1-17-6-8-19(9-7-17)14(21)2-4-18-5-3-15(12-18)10-13(20)16-11-15/h2-12H2,1H3,(H,16,20)/t15-/m1/s1. The lowest BCUT2D eigenvalue weighted by Crippen LogP contribution is -2.47. The molecule has 3 rings (SSSR count). The highest BCUT2D eigenvalue weighted by Crippen LogP contribution is 2.36. The Balaban J connectivity index is 1.42. The van der Waals surface area contributed by atoms with Gasteiger partial charge in [0.2, 0.25) is 11.8 Å². The maximum absolute atomic E-state index is 12.2. The van der Waals surface area contributed by atoms with Gasteiger partial charge in [-0.3, -0.25) is 9.59 Å². The van der Waals surface area contributed by atoms with Crippen molar-refractivity contribution >= 4 is 11.8 Å². The van der Waals surface area contributed by atoms with Crippen LogP contribution in [0.3, 0.4) is 0 Å². The van der Waals surface area contributed by atoms with E-state index in [1.807, 2.05) is 4.90 Å². The second kappa shape index (κ2) is 5.93. The van der Waals surface area contributed by atoms with E-state index in [4.69, 9.17) is 0 Å². The quantitative estimate of drug-likeness (QED) is 0.752. The van der Waals surface area contributed by atoms with Crippen LogP contribution in [0.2, 0.25) is 0 Å². The predicted octanol–water partition coefficient (Wildman–Crippen LogP) is -0.637. The number of likely N-dealkylation sites (N-methyl/N-ethyl adjacent to an activating group) is 1. The molecule has 1 N–H and O–H groups in total. The Morgan fingerprint density at radius 2 is 2.00 bits per heavy atom. The molecule has 2 amide bonds. The molecule has 0 bridgehead atoms. The van der Waals surface area contributed by atoms with Gasteiger partial charge < -0.3 is 20.0 Å². The molecule has 118 valence electrons. The third-order valence-electron chi connectivity index (χ3n) is 5.21. The third kappa shape index (κ3) is 3.37. The summed E-state index contributed by atoms with van der Waals surface area (Å²) in [6.45, 7) is 7.30. The Bertz CT molecular complexity index is 420. The van der Waals surface area contributed by atoms with Crippen LogP contribution in [0.1, 0.15) is 19.3 Å². The van der Waals surface area contributed by atoms with Crippen LogP contribution in [0.4, 0.5) is 0 Å². The van der Waals surface area contributed by atoms with E-state index >= 15 is 0 Å². The van der Waals surface area contributed by atoms with Crippen molar-refractivity contribution in [3.8, 4) is 0 Å². The van der Waals surface area contributed by atoms with Gasteiger partial charge in [0.05, 0.1) is 0 Å². The smallest absolute Gasteiger partial charge is 0.223 e. The molecule has 0 aliphatic carbocycles. The number of piperazine rings is 1. The largest absolute Gasteiger partial charge is 0.355 e. The van der Waals surface area contributed by atoms with Gasteiger partial charge in [-0.05, 0) is 20.0 Å². The monoisotopic (exact) mass is 294 g/mol. The summed E-state index contributed by atoms with van der Waals surface area (Å²) in [5.41, 5.74) is 0.147. The molecule has 3 aliphatic heterocycles. The van der Waals surface area contributed by atoms with Crippen molar-refractivity contribution in [2.24, 2.45) is 5.41 Å². The number of amides is 2. The van der Waals surface area contributed by atoms with Crippen molar-refractivity contribution in [3.63, 3.8) is 0 Å². The predicted molar refractivity (Wildman–Crippen MR) is 79.8 cm³/mol. The van der Waals surface area contributed by atoms with Crippen molar-refractivity contribution in [1.29, 1.82) is 0 Å². The van der Waals surface area contributed by atoms with Crippen LogP contribution in [-0.2, 0) is 9.59 Å². The molecule has 1 spiro atoms. The Hall–Kier alpha value is -1.14. The van der Waals surface area contributed by atoms with Gasteiger partial charge in [0.25, 0.3) is 0 Å². The topological polar surface area (TPSA) is 55.9 Å². The lowest BCUT2D eigenvalue weighted by molar-refractivity contribution is -0.133. The molecule has 3 fully saturated rings. The Kier molecular flexibility index (Phi) is 4.17. The Morgan fingerprint density at radius 1 is 1.24 bits per heavy atom. The number of hydrogen-bond acceptors (Lipinski definition) is 4. The average molecular weight is 294 g/mol. The second-order valence-electron chi connectivity index (χ2n) is 6.91. The minimum absolute atomic E-state index is 0.147. The zero-order chi connectivity index (χ0) is 14.9. The van der Waals surface area contributed by atoms with Crippen LogP contribution in [0.5, 0.6) is 0 Å². The minimum atomic E-state index is 0.147. The normalized spacial score (nSPS) is 31.1. The molecule has 3 aliphatic rings. The molecule has 0 saturated carbocycles. The number of nitrogens with one attached hydrogen (secondary N) is 1. The first-order valence-electron chi connectivity index (χ1n) is 8.02. The molecule has 0 aromatic heterocycles. The zero-order valence-electron chi connectivity index (χ0n) is 12.9. The Morgan fingerprint density at radius 3 is 2.67 bits per heavy atom. The molecular weight excluding hydrogens is 268 g/mol. The highest BCUT2D eigenvalue weighted by atomic mass is 16.2. The molecule has 0 aromatic rings. The second-order valence-corrected chi connectivity index (χ2v) is 6.91. The molecule has 0 aromatic carbocycles. The van der Waals surface area contributed by atoms with E-state index in [2.05, 4.69) is 22.2 Å². The number of likely N-dealkylation sites (tertiary alicyclic amines) is 1. The van der Waals surface area contributed by atoms with E-state index in [9.17, 15) is 9.59 Å². The van der Waals surface area contributed by atoms with Gasteiger partial charge in [0.1, 0.15) is 0 Å². The molecule has 3 heterocycles. The fourth-order valence-electron chi connectivity index (χ4n) is 3.73. The van der Waals surface area contributed by atoms with E-state index in [1.165, 1.54) is 0 Å². The number of nitrogens with zero attached hydrogens (tertiary/aromatic N) is 3. The molecule has 3 saturated heterocycles. The fourth-order valence-corrected chi connectivity index (χ4v) is 3.73. The zero-order valence-corrected chi connectivity index (χ0v) is 12.9. The van der Waals surface area contributed by atoms with Crippen LogP contribution in [-0.4, -0.2) is 85.9 Å². The highest BCUT2D eigenvalue weighted by molar-refractivity contribution is 5.79. The van der Waals surface area contributed by atoms with Crippen LogP contribution < -0.4 is 5.32 Å². The van der Waals surface area contributed by atoms with Crippen molar-refractivity contribution in [2.45, 2.75) is 19.3 Å². The maximum atomic E-state index is 12.2. The molecule has 6 heteroatoms. The van der Waals surface area contributed by atoms with Gasteiger partial charge in [-0.25, -0.2) is 0 Å². The van der Waals surface area contributed by atoms with Gasteiger partial charge in [-0.15, -0.1) is 0 Å². The van der Waals surface area contributed by atoms with Gasteiger partial charge in [-0.1, -0.05) is 0 Å². The lowest BCUT2D eigenvalue weighted by Gasteiger charge is -2.33. The summed E-state index contributed by atoms with van der Waals surface area (Å²) in [5.74, 6) is 0.468. The number of rotatable bonds is 3. The first-order valence-corrected chi connectivity index (χ1v) is 8.02. The summed E-state index contributed by atoms with van der Waals surface area (Å²) in [4.78, 5) is 30.3. The highest BCUT2D eigenvalue weighted by Gasteiger charge is 2.43. The molecule has 0 radical (unpaired) electrons. The van der Waals surface area contributed by atoms with E-state index in [0.717, 1.165) is 58.8 Å². The minimum Gasteiger partial charge on any atom is -0.355 e. The fraction of sp³-hybridized carbons (Fsp3) is 0.867. The summed E-state index contributed by atoms with van der Waals surface area (Å²) >= 11 is 0. The summed E-state index contributed by atoms with van der Waals surface area (Å²) in [6.07, 6.45) is 2.35. The average Bonchev–Trinajstić information content (AvgIpc) is 3.04. The van der Waals surface area contributed by atoms with E-state index in [-0.39, 0.29) is 17.2 Å². The van der Waals surface area contributed by atoms with Gasteiger partial charge in [0.15, 0.2) is 0 Å². The van der Waals surface area contributed by atoms with Crippen LogP contribution in [0, 0.1) is 5.41 Å². The SMILES string of the molecule is CN1CCN(C(=O)CCN2CC[C@@]3(CNC(=O)C3)C2)CC1. The van der Waals surface area contributed by atoms with Crippen molar-refractivity contribution in [2.75, 3.05) is 59.4 Å². The summed E-state index contributed by atoms with van der Waals surface area (Å²) in [5, 5.41) is 2.95. The van der Waals surface area contributed by atoms with E-state index in [1.54, 1.807) is 0 Å². The van der Waals surface area contributed by atoms with Crippen molar-refractivity contribution < 1.29 is 9.59 Å². The summed E-state index contributed by atoms with van der Waals surface area (Å²) < 4.78 is 0. The summed E-state index contributed by atoms with van der Waals surface area (Å²) in [7, 11) is 2.10. The number of carbonyl (C=O) groups excluding carboxylic acids is 2. The van der Waals surface area contributed by atoms with E-state index < -0.39 is 0 Å². The number of carbonyl (C=O) groups is 2. The van der Waals surface area contributed by atoms with Gasteiger partial charge in [-0.2, -0.15) is 0 Å². The first kappa shape index (κ1) is 14.8. The van der Waals surface area contributed by atoms with Crippen LogP contribution >= 0.6 is 0 Å². The Labute approximate surface area is 126 Å². The molecule has 6 nitrogen and oxygen atoms in total. The van der Waals surface area contributed by atoms with Crippen molar-refractivity contribution in [1.82, 2.24) is 20.0 Å². The van der Waals surface area contributed by atoms with Crippen molar-refractivity contribution in [3.05, 3.63) is 0 Å². The number of hydrogen-bond donors (Lipinski definition) is 1. The molecule has 0 unspecified atom stereocenters. The van der Waals surface area contributed by atoms with Crippen LogP contribution in [0.15, 0.2) is 0 Å². The molecular formula is C15H26N4O2. The maximum Gasteiger partial charge on any atom is 0.223 e.